The Balaban J connectivity index is 1.57. The Morgan fingerprint density at radius 3 is 2.56 bits per heavy atom. The number of benzene rings is 2. The minimum Gasteiger partial charge on any atom is -0.399 e. The number of carbonyl (C=O) groups is 2. The van der Waals surface area contributed by atoms with E-state index < -0.39 is 0 Å². The van der Waals surface area contributed by atoms with Crippen molar-refractivity contribution in [3.63, 3.8) is 0 Å². The van der Waals surface area contributed by atoms with Crippen LogP contribution >= 0.6 is 0 Å². The third-order valence-electron chi connectivity index (χ3n) is 4.91. The van der Waals surface area contributed by atoms with Crippen LogP contribution in [-0.2, 0) is 4.74 Å². The average molecular weight is 339 g/mol. The van der Waals surface area contributed by atoms with Gasteiger partial charge in [-0.25, -0.2) is 0 Å². The number of nitrogens with zero attached hydrogens (tertiary/aromatic N) is 2. The van der Waals surface area contributed by atoms with Crippen LogP contribution in [0.25, 0.3) is 10.8 Å². The molecule has 2 heterocycles. The lowest BCUT2D eigenvalue weighted by molar-refractivity contribution is 0.0352. The van der Waals surface area contributed by atoms with Gasteiger partial charge in [-0.05, 0) is 30.0 Å². The van der Waals surface area contributed by atoms with Crippen molar-refractivity contribution in [2.45, 2.75) is 6.42 Å². The molecule has 0 atom stereocenters. The van der Waals surface area contributed by atoms with Gasteiger partial charge in [-0.15, -0.1) is 0 Å². The molecule has 2 aromatic carbocycles. The molecule has 0 saturated carbocycles. The fourth-order valence-corrected chi connectivity index (χ4v) is 3.66. The van der Waals surface area contributed by atoms with Crippen molar-refractivity contribution >= 4 is 28.3 Å². The molecule has 6 nitrogen and oxygen atoms in total. The molecule has 4 rings (SSSR count). The third kappa shape index (κ3) is 2.88. The lowest BCUT2D eigenvalue weighted by Gasteiger charge is -2.30. The summed E-state index contributed by atoms with van der Waals surface area (Å²) in [5.74, 6) is -0.460. The van der Waals surface area contributed by atoms with Gasteiger partial charge in [-0.2, -0.15) is 0 Å². The van der Waals surface area contributed by atoms with Gasteiger partial charge in [0.25, 0.3) is 11.8 Å². The van der Waals surface area contributed by atoms with Gasteiger partial charge >= 0.3 is 0 Å². The molecular weight excluding hydrogens is 318 g/mol. The van der Waals surface area contributed by atoms with E-state index in [1.54, 1.807) is 18.2 Å². The maximum absolute atomic E-state index is 12.9. The highest BCUT2D eigenvalue weighted by molar-refractivity contribution is 6.25. The summed E-state index contributed by atoms with van der Waals surface area (Å²) >= 11 is 0. The molecule has 0 radical (unpaired) electrons. The Morgan fingerprint density at radius 1 is 1.00 bits per heavy atom. The number of ether oxygens (including phenoxy) is 1. The normalized spacial score (nSPS) is 18.2. The van der Waals surface area contributed by atoms with Crippen LogP contribution in [0.5, 0.6) is 0 Å². The number of rotatable bonds is 4. The van der Waals surface area contributed by atoms with Crippen LogP contribution in [0.4, 0.5) is 5.69 Å². The lowest BCUT2D eigenvalue weighted by atomic mass is 9.93. The SMILES string of the molecule is Nc1cc2c3c(cccc3c1)C(=O)N(CCCN1CCOCC1)C2=O. The zero-order valence-electron chi connectivity index (χ0n) is 14.0. The molecular formula is C19H21N3O3. The number of amides is 2. The predicted octanol–water partition coefficient (Wildman–Crippen LogP) is 1.74. The van der Waals surface area contributed by atoms with E-state index in [2.05, 4.69) is 4.90 Å². The van der Waals surface area contributed by atoms with Crippen molar-refractivity contribution in [2.24, 2.45) is 0 Å². The molecule has 130 valence electrons. The second-order valence-corrected chi connectivity index (χ2v) is 6.54. The minimum absolute atomic E-state index is 0.213. The Morgan fingerprint density at radius 2 is 1.76 bits per heavy atom. The second-order valence-electron chi connectivity index (χ2n) is 6.54. The smallest absolute Gasteiger partial charge is 0.261 e. The van der Waals surface area contributed by atoms with Crippen LogP contribution in [0.1, 0.15) is 27.1 Å². The van der Waals surface area contributed by atoms with Crippen molar-refractivity contribution in [1.82, 2.24) is 9.80 Å². The summed E-state index contributed by atoms with van der Waals surface area (Å²) in [5, 5.41) is 1.55. The Hall–Kier alpha value is -2.44. The number of hydrogen-bond donors (Lipinski definition) is 1. The second kappa shape index (κ2) is 6.46. The van der Waals surface area contributed by atoms with Gasteiger partial charge in [0, 0.05) is 42.8 Å². The summed E-state index contributed by atoms with van der Waals surface area (Å²) in [6, 6.07) is 8.98. The molecule has 2 N–H and O–H groups in total. The van der Waals surface area contributed by atoms with Crippen molar-refractivity contribution in [1.29, 1.82) is 0 Å². The van der Waals surface area contributed by atoms with Gasteiger partial charge < -0.3 is 10.5 Å². The van der Waals surface area contributed by atoms with Crippen LogP contribution in [0.3, 0.4) is 0 Å². The van der Waals surface area contributed by atoms with Gasteiger partial charge in [-0.1, -0.05) is 12.1 Å². The maximum Gasteiger partial charge on any atom is 0.261 e. The van der Waals surface area contributed by atoms with Crippen LogP contribution in [0.15, 0.2) is 30.3 Å². The number of nitrogens with two attached hydrogens (primary N) is 1. The van der Waals surface area contributed by atoms with Gasteiger partial charge in [0.15, 0.2) is 0 Å². The monoisotopic (exact) mass is 339 g/mol. The van der Waals surface area contributed by atoms with E-state index >= 15 is 0 Å². The first-order valence-electron chi connectivity index (χ1n) is 8.64. The fourth-order valence-electron chi connectivity index (χ4n) is 3.66. The van der Waals surface area contributed by atoms with Gasteiger partial charge in [0.1, 0.15) is 0 Å². The van der Waals surface area contributed by atoms with Gasteiger partial charge in [0.2, 0.25) is 0 Å². The molecule has 2 aliphatic rings. The molecule has 25 heavy (non-hydrogen) atoms. The summed E-state index contributed by atoms with van der Waals surface area (Å²) in [6.45, 7) is 4.57. The van der Waals surface area contributed by atoms with E-state index in [1.165, 1.54) is 4.90 Å². The van der Waals surface area contributed by atoms with Crippen molar-refractivity contribution < 1.29 is 14.3 Å². The first-order valence-corrected chi connectivity index (χ1v) is 8.64. The van der Waals surface area contributed by atoms with Crippen LogP contribution in [0, 0.1) is 0 Å². The largest absolute Gasteiger partial charge is 0.399 e. The quantitative estimate of drug-likeness (QED) is 0.678. The molecule has 6 heteroatoms. The maximum atomic E-state index is 12.9. The Kier molecular flexibility index (Phi) is 4.15. The zero-order valence-corrected chi connectivity index (χ0v) is 14.0. The van der Waals surface area contributed by atoms with E-state index in [0.717, 1.165) is 50.0 Å². The highest BCUT2D eigenvalue weighted by atomic mass is 16.5. The molecule has 0 spiro atoms. The third-order valence-corrected chi connectivity index (χ3v) is 4.91. The summed E-state index contributed by atoms with van der Waals surface area (Å²) in [5.41, 5.74) is 7.58. The van der Waals surface area contributed by atoms with Crippen molar-refractivity contribution in [3.05, 3.63) is 41.5 Å². The number of imide groups is 1. The molecule has 2 amide bonds. The molecule has 1 fully saturated rings. The lowest BCUT2D eigenvalue weighted by Crippen LogP contribution is -2.43. The van der Waals surface area contributed by atoms with Crippen LogP contribution in [0.2, 0.25) is 0 Å². The first kappa shape index (κ1) is 16.1. The highest BCUT2D eigenvalue weighted by Crippen LogP contribution is 2.32. The number of nitrogen functional groups attached to an aromatic ring is 1. The van der Waals surface area contributed by atoms with E-state index in [0.29, 0.717) is 23.4 Å². The molecule has 0 aromatic heterocycles. The Labute approximate surface area is 146 Å². The average Bonchev–Trinajstić information content (AvgIpc) is 2.63. The number of anilines is 1. The predicted molar refractivity (Wildman–Crippen MR) is 95.6 cm³/mol. The highest BCUT2D eigenvalue weighted by Gasteiger charge is 2.32. The minimum atomic E-state index is -0.247. The summed E-state index contributed by atoms with van der Waals surface area (Å²) in [7, 11) is 0. The molecule has 2 aliphatic heterocycles. The van der Waals surface area contributed by atoms with E-state index in [9.17, 15) is 9.59 Å². The molecule has 0 unspecified atom stereocenters. The number of carbonyl (C=O) groups excluding carboxylic acids is 2. The van der Waals surface area contributed by atoms with Crippen LogP contribution in [-0.4, -0.2) is 61.0 Å². The Bertz CT molecular complexity index is 843. The van der Waals surface area contributed by atoms with E-state index in [-0.39, 0.29) is 11.8 Å². The molecule has 1 saturated heterocycles. The molecule has 2 aromatic rings. The topological polar surface area (TPSA) is 75.9 Å². The number of morpholine rings is 1. The number of hydrogen-bond acceptors (Lipinski definition) is 5. The summed E-state index contributed by atoms with van der Waals surface area (Å²) < 4.78 is 5.34. The van der Waals surface area contributed by atoms with E-state index in [4.69, 9.17) is 10.5 Å². The van der Waals surface area contributed by atoms with Crippen molar-refractivity contribution in [2.75, 3.05) is 45.1 Å². The van der Waals surface area contributed by atoms with Gasteiger partial charge in [-0.3, -0.25) is 19.4 Å². The van der Waals surface area contributed by atoms with Crippen molar-refractivity contribution in [3.8, 4) is 0 Å². The molecule has 0 bridgehead atoms. The standard InChI is InChI=1S/C19H21N3O3/c20-14-11-13-3-1-4-15-17(13)16(12-14)19(24)22(18(15)23)6-2-5-21-7-9-25-10-8-21/h1,3-4,11-12H,2,5-10,20H2. The first-order chi connectivity index (χ1) is 12.1. The molecule has 0 aliphatic carbocycles. The fraction of sp³-hybridized carbons (Fsp3) is 0.368. The zero-order chi connectivity index (χ0) is 17.4. The van der Waals surface area contributed by atoms with Gasteiger partial charge in [0.05, 0.1) is 18.8 Å². The van der Waals surface area contributed by atoms with E-state index in [1.807, 2.05) is 12.1 Å². The summed E-state index contributed by atoms with van der Waals surface area (Å²) in [4.78, 5) is 29.3. The summed E-state index contributed by atoms with van der Waals surface area (Å²) in [6.07, 6.45) is 0.755. The van der Waals surface area contributed by atoms with Crippen LogP contribution < -0.4 is 5.73 Å².